The molecule has 0 saturated heterocycles. The lowest BCUT2D eigenvalue weighted by Gasteiger charge is -2.19. The number of nitrogens with zero attached hydrogens (tertiary/aromatic N) is 3. The molecule has 0 aliphatic rings. The van der Waals surface area contributed by atoms with Crippen LogP contribution in [0.5, 0.6) is 0 Å². The third-order valence-corrected chi connectivity index (χ3v) is 5.45. The molecule has 0 atom stereocenters. The van der Waals surface area contributed by atoms with Crippen molar-refractivity contribution in [1.29, 1.82) is 0 Å². The summed E-state index contributed by atoms with van der Waals surface area (Å²) in [5.41, 5.74) is 3.01. The molecule has 2 amide bonds. The lowest BCUT2D eigenvalue weighted by Crippen LogP contribution is -2.16. The van der Waals surface area contributed by atoms with E-state index in [0.29, 0.717) is 16.4 Å². The van der Waals surface area contributed by atoms with Crippen LogP contribution in [0.15, 0.2) is 60.0 Å². The zero-order chi connectivity index (χ0) is 21.7. The molecule has 0 bridgehead atoms. The molecule has 0 radical (unpaired) electrons. The number of amides is 2. The van der Waals surface area contributed by atoms with Gasteiger partial charge in [0, 0.05) is 24.0 Å². The molecule has 0 aliphatic heterocycles. The second-order valence-corrected chi connectivity index (χ2v) is 8.87. The van der Waals surface area contributed by atoms with Crippen molar-refractivity contribution in [3.8, 4) is 0 Å². The number of aryl methyl sites for hydroxylation is 1. The summed E-state index contributed by atoms with van der Waals surface area (Å²) >= 11 is 1.29. The smallest absolute Gasteiger partial charge is 0.255 e. The molecule has 2 N–H and O–H groups in total. The molecule has 0 fully saturated rings. The molecule has 156 valence electrons. The van der Waals surface area contributed by atoms with Gasteiger partial charge in [0.15, 0.2) is 5.16 Å². The molecule has 1 heterocycles. The highest BCUT2D eigenvalue weighted by atomic mass is 32.2. The fourth-order valence-corrected chi connectivity index (χ4v) is 3.41. The molecule has 8 heteroatoms. The second kappa shape index (κ2) is 9.13. The van der Waals surface area contributed by atoms with Gasteiger partial charge in [-0.05, 0) is 41.3 Å². The average molecular weight is 424 g/mol. The topological polar surface area (TPSA) is 88.9 Å². The van der Waals surface area contributed by atoms with E-state index in [-0.39, 0.29) is 23.0 Å². The van der Waals surface area contributed by atoms with Gasteiger partial charge >= 0.3 is 0 Å². The SMILES string of the molecule is Cn1cnnc1SCC(=O)Nc1cccc(C(=O)Nc2ccc(C(C)(C)C)cc2)c1. The van der Waals surface area contributed by atoms with Gasteiger partial charge in [-0.3, -0.25) is 9.59 Å². The van der Waals surface area contributed by atoms with Crippen molar-refractivity contribution in [3.05, 3.63) is 66.0 Å². The summed E-state index contributed by atoms with van der Waals surface area (Å²) in [5.74, 6) is -0.218. The van der Waals surface area contributed by atoms with E-state index >= 15 is 0 Å². The first kappa shape index (κ1) is 21.6. The number of hydrogen-bond donors (Lipinski definition) is 2. The van der Waals surface area contributed by atoms with Crippen LogP contribution in [0.3, 0.4) is 0 Å². The van der Waals surface area contributed by atoms with Gasteiger partial charge in [-0.1, -0.05) is 50.7 Å². The number of nitrogens with one attached hydrogen (secondary N) is 2. The molecule has 2 aromatic carbocycles. The van der Waals surface area contributed by atoms with Crippen LogP contribution in [-0.2, 0) is 17.3 Å². The van der Waals surface area contributed by atoms with Crippen LogP contribution in [0.25, 0.3) is 0 Å². The summed E-state index contributed by atoms with van der Waals surface area (Å²) in [6.45, 7) is 6.43. The van der Waals surface area contributed by atoms with Gasteiger partial charge in [0.1, 0.15) is 6.33 Å². The van der Waals surface area contributed by atoms with E-state index in [1.54, 1.807) is 35.2 Å². The summed E-state index contributed by atoms with van der Waals surface area (Å²) in [4.78, 5) is 24.8. The Morgan fingerprint density at radius 3 is 2.40 bits per heavy atom. The maximum absolute atomic E-state index is 12.6. The fraction of sp³-hybridized carbons (Fsp3) is 0.273. The zero-order valence-electron chi connectivity index (χ0n) is 17.5. The average Bonchev–Trinajstić information content (AvgIpc) is 3.11. The quantitative estimate of drug-likeness (QED) is 0.583. The minimum atomic E-state index is -0.233. The van der Waals surface area contributed by atoms with E-state index in [0.717, 1.165) is 5.69 Å². The van der Waals surface area contributed by atoms with E-state index in [9.17, 15) is 9.59 Å². The third-order valence-electron chi connectivity index (χ3n) is 4.42. The number of rotatable bonds is 6. The van der Waals surface area contributed by atoms with Crippen molar-refractivity contribution in [2.45, 2.75) is 31.3 Å². The number of carbonyl (C=O) groups excluding carboxylic acids is 2. The highest BCUT2D eigenvalue weighted by Crippen LogP contribution is 2.24. The monoisotopic (exact) mass is 423 g/mol. The Kier molecular flexibility index (Phi) is 6.56. The Balaban J connectivity index is 1.59. The first-order valence-corrected chi connectivity index (χ1v) is 10.5. The van der Waals surface area contributed by atoms with E-state index in [1.807, 2.05) is 31.3 Å². The first-order valence-electron chi connectivity index (χ1n) is 9.51. The minimum absolute atomic E-state index is 0.0557. The normalized spacial score (nSPS) is 11.2. The van der Waals surface area contributed by atoms with E-state index < -0.39 is 0 Å². The Morgan fingerprint density at radius 2 is 1.77 bits per heavy atom. The fourth-order valence-electron chi connectivity index (χ4n) is 2.73. The van der Waals surface area contributed by atoms with E-state index in [4.69, 9.17) is 0 Å². The predicted molar refractivity (Wildman–Crippen MR) is 120 cm³/mol. The lowest BCUT2D eigenvalue weighted by atomic mass is 9.87. The summed E-state index contributed by atoms with van der Waals surface area (Å²) in [7, 11) is 1.82. The molecule has 0 unspecified atom stereocenters. The van der Waals surface area contributed by atoms with E-state index in [1.165, 1.54) is 17.3 Å². The minimum Gasteiger partial charge on any atom is -0.325 e. The largest absolute Gasteiger partial charge is 0.325 e. The molecule has 30 heavy (non-hydrogen) atoms. The number of benzene rings is 2. The van der Waals surface area contributed by atoms with Crippen LogP contribution in [0, 0.1) is 0 Å². The van der Waals surface area contributed by atoms with Gasteiger partial charge in [-0.15, -0.1) is 10.2 Å². The first-order chi connectivity index (χ1) is 14.2. The van der Waals surface area contributed by atoms with Gasteiger partial charge in [-0.2, -0.15) is 0 Å². The Hall–Kier alpha value is -3.13. The lowest BCUT2D eigenvalue weighted by molar-refractivity contribution is -0.113. The van der Waals surface area contributed by atoms with Crippen molar-refractivity contribution >= 4 is 35.0 Å². The predicted octanol–water partition coefficient (Wildman–Crippen LogP) is 4.10. The van der Waals surface area contributed by atoms with Crippen LogP contribution in [0.1, 0.15) is 36.7 Å². The molecular formula is C22H25N5O2S. The second-order valence-electron chi connectivity index (χ2n) is 7.92. The van der Waals surface area contributed by atoms with Crippen molar-refractivity contribution in [3.63, 3.8) is 0 Å². The van der Waals surface area contributed by atoms with Crippen LogP contribution in [-0.4, -0.2) is 32.3 Å². The van der Waals surface area contributed by atoms with Crippen LogP contribution >= 0.6 is 11.8 Å². The Bertz CT molecular complexity index is 1040. The Labute approximate surface area is 180 Å². The maximum Gasteiger partial charge on any atom is 0.255 e. The summed E-state index contributed by atoms with van der Waals surface area (Å²) in [6.07, 6.45) is 1.58. The number of aromatic nitrogens is 3. The van der Waals surface area contributed by atoms with Crippen molar-refractivity contribution in [2.24, 2.45) is 7.05 Å². The molecule has 0 aliphatic carbocycles. The zero-order valence-corrected chi connectivity index (χ0v) is 18.3. The van der Waals surface area contributed by atoms with Crippen molar-refractivity contribution in [2.75, 3.05) is 16.4 Å². The molecule has 0 saturated carbocycles. The van der Waals surface area contributed by atoms with Gasteiger partial charge in [0.2, 0.25) is 5.91 Å². The highest BCUT2D eigenvalue weighted by Gasteiger charge is 2.14. The van der Waals surface area contributed by atoms with Crippen LogP contribution in [0.2, 0.25) is 0 Å². The van der Waals surface area contributed by atoms with Crippen LogP contribution in [0.4, 0.5) is 11.4 Å². The van der Waals surface area contributed by atoms with Gasteiger partial charge in [0.25, 0.3) is 5.91 Å². The Morgan fingerprint density at radius 1 is 1.03 bits per heavy atom. The van der Waals surface area contributed by atoms with Crippen molar-refractivity contribution < 1.29 is 9.59 Å². The molecular weight excluding hydrogens is 398 g/mol. The van der Waals surface area contributed by atoms with Crippen LogP contribution < -0.4 is 10.6 Å². The van der Waals surface area contributed by atoms with Gasteiger partial charge < -0.3 is 15.2 Å². The molecule has 7 nitrogen and oxygen atoms in total. The molecule has 1 aromatic heterocycles. The maximum atomic E-state index is 12.6. The van der Waals surface area contributed by atoms with Gasteiger partial charge in [0.05, 0.1) is 5.75 Å². The summed E-state index contributed by atoms with van der Waals surface area (Å²) in [5, 5.41) is 14.1. The number of hydrogen-bond acceptors (Lipinski definition) is 5. The highest BCUT2D eigenvalue weighted by molar-refractivity contribution is 7.99. The molecule has 3 rings (SSSR count). The number of thioether (sulfide) groups is 1. The van der Waals surface area contributed by atoms with E-state index in [2.05, 4.69) is 41.6 Å². The standard InChI is InChI=1S/C22H25N5O2S/c1-22(2,3)16-8-10-17(11-9-16)25-20(29)15-6-5-7-18(12-15)24-19(28)13-30-21-26-23-14-27(21)4/h5-12,14H,13H2,1-4H3,(H,24,28)(H,25,29). The molecule has 0 spiro atoms. The molecule has 3 aromatic rings. The third kappa shape index (κ3) is 5.70. The van der Waals surface area contributed by atoms with Crippen molar-refractivity contribution in [1.82, 2.24) is 14.8 Å². The summed E-state index contributed by atoms with van der Waals surface area (Å²) < 4.78 is 1.75. The number of anilines is 2. The number of carbonyl (C=O) groups is 2. The van der Waals surface area contributed by atoms with Gasteiger partial charge in [-0.25, -0.2) is 0 Å². The summed E-state index contributed by atoms with van der Waals surface area (Å²) in [6, 6.07) is 14.7.